The summed E-state index contributed by atoms with van der Waals surface area (Å²) in [4.78, 5) is 34.1. The normalized spacial score (nSPS) is 29.1. The molecule has 2 atom stereocenters. The highest BCUT2D eigenvalue weighted by atomic mass is 16.2. The number of carbonyl (C=O) groups excluding carboxylic acids is 3. The molecule has 0 aromatic heterocycles. The van der Waals surface area contributed by atoms with Gasteiger partial charge in [0, 0.05) is 5.57 Å². The van der Waals surface area contributed by atoms with Crippen LogP contribution < -0.4 is 0 Å². The molecule has 0 heterocycles. The molecule has 0 N–H and O–H groups in total. The maximum absolute atomic E-state index is 11.7. The van der Waals surface area contributed by atoms with E-state index in [1.165, 1.54) is 6.08 Å². The monoisotopic (exact) mass is 220 g/mol. The van der Waals surface area contributed by atoms with Gasteiger partial charge in [0.25, 0.3) is 0 Å². The summed E-state index contributed by atoms with van der Waals surface area (Å²) in [7, 11) is 0. The first-order valence-corrected chi connectivity index (χ1v) is 5.35. The number of aldehydes is 1. The molecule has 0 unspecified atom stereocenters. The van der Waals surface area contributed by atoms with E-state index in [0.29, 0.717) is 11.9 Å². The second-order valence-electron chi connectivity index (χ2n) is 4.35. The fraction of sp³-hybridized carbons (Fsp3) is 0.462. The van der Waals surface area contributed by atoms with E-state index >= 15 is 0 Å². The lowest BCUT2D eigenvalue weighted by molar-refractivity contribution is -0.137. The van der Waals surface area contributed by atoms with Crippen LogP contribution in [0.3, 0.4) is 0 Å². The number of hydrogen-bond acceptors (Lipinski definition) is 3. The number of ketones is 2. The van der Waals surface area contributed by atoms with E-state index in [0.717, 1.165) is 12.8 Å². The Morgan fingerprint density at radius 3 is 2.69 bits per heavy atom. The molecular formula is C13H16O3. The van der Waals surface area contributed by atoms with Gasteiger partial charge in [-0.3, -0.25) is 14.4 Å². The molecule has 0 amide bonds. The van der Waals surface area contributed by atoms with Gasteiger partial charge >= 0.3 is 0 Å². The summed E-state index contributed by atoms with van der Waals surface area (Å²) >= 11 is 0. The van der Waals surface area contributed by atoms with Crippen LogP contribution in [0.2, 0.25) is 0 Å². The Bertz CT molecular complexity index is 379. The Morgan fingerprint density at radius 2 is 2.19 bits per heavy atom. The van der Waals surface area contributed by atoms with Crippen LogP contribution in [0.15, 0.2) is 24.3 Å². The lowest BCUT2D eigenvalue weighted by Gasteiger charge is -2.37. The van der Waals surface area contributed by atoms with E-state index in [1.54, 1.807) is 13.0 Å². The Balaban J connectivity index is 3.27. The van der Waals surface area contributed by atoms with Gasteiger partial charge in [-0.25, -0.2) is 0 Å². The second-order valence-corrected chi connectivity index (χ2v) is 4.35. The zero-order valence-corrected chi connectivity index (χ0v) is 9.66. The largest absolute Gasteiger partial charge is 0.295 e. The van der Waals surface area contributed by atoms with Crippen LogP contribution in [0.25, 0.3) is 0 Å². The lowest BCUT2D eigenvalue weighted by atomic mass is 9.64. The molecule has 3 nitrogen and oxygen atoms in total. The van der Waals surface area contributed by atoms with Crippen LogP contribution in [0.5, 0.6) is 0 Å². The first-order valence-electron chi connectivity index (χ1n) is 5.35. The maximum Gasteiger partial charge on any atom is 0.205 e. The van der Waals surface area contributed by atoms with E-state index in [1.807, 2.05) is 6.92 Å². The lowest BCUT2D eigenvalue weighted by Crippen LogP contribution is -2.41. The predicted octanol–water partition coefficient (Wildman–Crippen LogP) is 1.87. The zero-order chi connectivity index (χ0) is 12.3. The van der Waals surface area contributed by atoms with Gasteiger partial charge in [-0.1, -0.05) is 19.6 Å². The number of rotatable bonds is 4. The molecule has 0 fully saturated rings. The zero-order valence-electron chi connectivity index (χ0n) is 9.66. The molecule has 0 aliphatic heterocycles. The molecule has 0 radical (unpaired) electrons. The topological polar surface area (TPSA) is 51.2 Å². The average Bonchev–Trinajstić information content (AvgIpc) is 2.30. The summed E-state index contributed by atoms with van der Waals surface area (Å²) in [6, 6.07) is 0. The van der Waals surface area contributed by atoms with Crippen molar-refractivity contribution in [2.24, 2.45) is 11.3 Å². The minimum Gasteiger partial charge on any atom is -0.295 e. The third-order valence-electron chi connectivity index (χ3n) is 3.56. The van der Waals surface area contributed by atoms with Gasteiger partial charge in [-0.05, 0) is 31.8 Å². The minimum absolute atomic E-state index is 0.00546. The van der Waals surface area contributed by atoms with Gasteiger partial charge in [-0.15, -0.1) is 0 Å². The van der Waals surface area contributed by atoms with Crippen LogP contribution in [0.1, 0.15) is 26.7 Å². The van der Waals surface area contributed by atoms with Gasteiger partial charge in [-0.2, -0.15) is 0 Å². The van der Waals surface area contributed by atoms with Gasteiger partial charge in [0.15, 0.2) is 12.1 Å². The highest BCUT2D eigenvalue weighted by Gasteiger charge is 2.45. The molecule has 0 saturated heterocycles. The van der Waals surface area contributed by atoms with Crippen molar-refractivity contribution in [3.8, 4) is 0 Å². The maximum atomic E-state index is 11.7. The molecular weight excluding hydrogens is 204 g/mol. The van der Waals surface area contributed by atoms with E-state index < -0.39 is 11.2 Å². The molecule has 0 spiro atoms. The van der Waals surface area contributed by atoms with Crippen molar-refractivity contribution >= 4 is 17.9 Å². The second kappa shape index (κ2) is 4.56. The van der Waals surface area contributed by atoms with Crippen molar-refractivity contribution in [3.63, 3.8) is 0 Å². The van der Waals surface area contributed by atoms with E-state index in [4.69, 9.17) is 0 Å². The molecule has 1 aliphatic carbocycles. The number of hydrogen-bond donors (Lipinski definition) is 0. The van der Waals surface area contributed by atoms with E-state index in [2.05, 4.69) is 6.58 Å². The molecule has 86 valence electrons. The number of Topliss-reactive ketones (excluding diaryl/α,β-unsaturated/α-hetero) is 1. The molecule has 3 heteroatoms. The van der Waals surface area contributed by atoms with E-state index in [-0.39, 0.29) is 11.7 Å². The van der Waals surface area contributed by atoms with Crippen molar-refractivity contribution < 1.29 is 14.4 Å². The molecule has 16 heavy (non-hydrogen) atoms. The quantitative estimate of drug-likeness (QED) is 0.413. The first-order chi connectivity index (χ1) is 7.48. The fourth-order valence-electron chi connectivity index (χ4n) is 2.21. The molecule has 0 bridgehead atoms. The summed E-state index contributed by atoms with van der Waals surface area (Å²) in [6.07, 6.45) is 4.83. The van der Waals surface area contributed by atoms with Gasteiger partial charge < -0.3 is 0 Å². The number of allylic oxidation sites excluding steroid dienone is 3. The Kier molecular flexibility index (Phi) is 3.58. The van der Waals surface area contributed by atoms with Crippen LogP contribution in [0.4, 0.5) is 0 Å². The first kappa shape index (κ1) is 12.6. The Morgan fingerprint density at radius 1 is 1.56 bits per heavy atom. The highest BCUT2D eigenvalue weighted by Crippen LogP contribution is 2.42. The Hall–Kier alpha value is -1.51. The smallest absolute Gasteiger partial charge is 0.205 e. The summed E-state index contributed by atoms with van der Waals surface area (Å²) in [5, 5.41) is 0. The molecule has 0 aromatic carbocycles. The predicted molar refractivity (Wildman–Crippen MR) is 60.9 cm³/mol. The summed E-state index contributed by atoms with van der Waals surface area (Å²) in [5.41, 5.74) is -0.566. The molecule has 0 saturated carbocycles. The average molecular weight is 220 g/mol. The molecule has 1 aliphatic rings. The summed E-state index contributed by atoms with van der Waals surface area (Å²) < 4.78 is 0. The van der Waals surface area contributed by atoms with Crippen molar-refractivity contribution in [3.05, 3.63) is 24.3 Å². The van der Waals surface area contributed by atoms with Crippen molar-refractivity contribution in [1.29, 1.82) is 0 Å². The molecule has 0 aromatic rings. The number of carbonyl (C=O) groups is 3. The third-order valence-corrected chi connectivity index (χ3v) is 3.56. The fourth-order valence-corrected chi connectivity index (χ4v) is 2.21. The third kappa shape index (κ3) is 1.77. The van der Waals surface area contributed by atoms with Gasteiger partial charge in [0.05, 0.1) is 5.41 Å². The summed E-state index contributed by atoms with van der Waals surface area (Å²) in [6.45, 7) is 6.98. The van der Waals surface area contributed by atoms with E-state index in [9.17, 15) is 14.4 Å². The van der Waals surface area contributed by atoms with Gasteiger partial charge in [0.1, 0.15) is 0 Å². The van der Waals surface area contributed by atoms with Crippen molar-refractivity contribution in [2.45, 2.75) is 26.7 Å². The molecule has 1 rings (SSSR count). The van der Waals surface area contributed by atoms with Crippen molar-refractivity contribution in [1.82, 2.24) is 0 Å². The minimum atomic E-state index is -0.981. The van der Waals surface area contributed by atoms with Crippen molar-refractivity contribution in [2.75, 3.05) is 0 Å². The SMILES string of the molecule is C=CC(=O)C1=CCC[C@@H](C)[C@@]1(C)C(=O)C=O. The summed E-state index contributed by atoms with van der Waals surface area (Å²) in [5.74, 6) is -0.792. The Labute approximate surface area is 95.2 Å². The van der Waals surface area contributed by atoms with Crippen LogP contribution in [-0.4, -0.2) is 17.9 Å². The standard InChI is InChI=1S/C13H16O3/c1-4-11(15)10-7-5-6-9(2)13(10,3)12(16)8-14/h4,7-9H,1,5-6H2,2-3H3/t9-,13-/m1/s1. The van der Waals surface area contributed by atoms with Crippen LogP contribution in [0, 0.1) is 11.3 Å². The van der Waals surface area contributed by atoms with Gasteiger partial charge in [0.2, 0.25) is 5.78 Å². The van der Waals surface area contributed by atoms with Crippen LogP contribution in [-0.2, 0) is 14.4 Å². The van der Waals surface area contributed by atoms with Crippen LogP contribution >= 0.6 is 0 Å². The highest BCUT2D eigenvalue weighted by molar-refractivity contribution is 6.30.